The van der Waals surface area contributed by atoms with Crippen LogP contribution in [-0.2, 0) is 20.0 Å². The smallest absolute Gasteiger partial charge is 0.318 e. The topological polar surface area (TPSA) is 107 Å². The van der Waals surface area contributed by atoms with Crippen LogP contribution in [0, 0.1) is 0 Å². The zero-order valence-electron chi connectivity index (χ0n) is 13.2. The summed E-state index contributed by atoms with van der Waals surface area (Å²) in [6.45, 7) is -0.0403. The number of benzene rings is 1. The van der Waals surface area contributed by atoms with Crippen LogP contribution in [0.15, 0.2) is 30.3 Å². The lowest BCUT2D eigenvalue weighted by Gasteiger charge is -2.42. The van der Waals surface area contributed by atoms with E-state index in [1.807, 2.05) is 0 Å². The van der Waals surface area contributed by atoms with Gasteiger partial charge in [-0.25, -0.2) is 21.6 Å². The Morgan fingerprint density at radius 3 is 2.04 bits per heavy atom. The van der Waals surface area contributed by atoms with E-state index in [4.69, 9.17) is 0 Å². The molecule has 11 heteroatoms. The highest BCUT2D eigenvalue weighted by Gasteiger charge is 2.53. The number of fused-ring (bicyclic) bond motifs is 1. The summed E-state index contributed by atoms with van der Waals surface area (Å²) in [4.78, 5) is 13.7. The molecule has 0 spiro atoms. The molecule has 3 rings (SSSR count). The molecule has 0 bridgehead atoms. The van der Waals surface area contributed by atoms with Gasteiger partial charge in [0.15, 0.2) is 0 Å². The number of hydrogen-bond acceptors (Lipinski definition) is 5. The van der Waals surface area contributed by atoms with Crippen molar-refractivity contribution in [3.05, 3.63) is 30.3 Å². The van der Waals surface area contributed by atoms with E-state index in [2.05, 4.69) is 5.32 Å². The number of urea groups is 1. The van der Waals surface area contributed by atoms with Gasteiger partial charge in [0.2, 0.25) is 20.0 Å². The summed E-state index contributed by atoms with van der Waals surface area (Å²) < 4.78 is 50.7. The van der Waals surface area contributed by atoms with Gasteiger partial charge in [-0.3, -0.25) is 4.90 Å². The SMILES string of the molecule is CS(=O)(=O)N1CCN(S(C)(=O)=O)[C@H]2[C@H]1NC(=O)N2c1ccccc1. The number of piperazine rings is 1. The molecule has 0 aliphatic carbocycles. The van der Waals surface area contributed by atoms with Crippen molar-refractivity contribution in [1.29, 1.82) is 0 Å². The van der Waals surface area contributed by atoms with Crippen LogP contribution >= 0.6 is 0 Å². The van der Waals surface area contributed by atoms with Gasteiger partial charge in [-0.2, -0.15) is 8.61 Å². The van der Waals surface area contributed by atoms with E-state index in [-0.39, 0.29) is 13.1 Å². The van der Waals surface area contributed by atoms with Crippen LogP contribution in [0.2, 0.25) is 0 Å². The standard InChI is InChI=1S/C13H18N4O5S2/c1-23(19,20)15-8-9-16(24(2,21)22)12-11(15)14-13(18)17(12)10-6-4-3-5-7-10/h3-7,11-12H,8-9H2,1-2H3,(H,14,18)/t11-,12+/m0/s1. The fourth-order valence-corrected chi connectivity index (χ4v) is 5.10. The van der Waals surface area contributed by atoms with Crippen LogP contribution < -0.4 is 10.2 Å². The Hall–Kier alpha value is -1.69. The first-order chi connectivity index (χ1) is 11.1. The van der Waals surface area contributed by atoms with Crippen LogP contribution in [0.3, 0.4) is 0 Å². The number of hydrogen-bond donors (Lipinski definition) is 1. The third-order valence-corrected chi connectivity index (χ3v) is 6.58. The molecule has 2 saturated heterocycles. The first-order valence-corrected chi connectivity index (χ1v) is 10.9. The lowest BCUT2D eigenvalue weighted by Crippen LogP contribution is -2.65. The molecule has 9 nitrogen and oxygen atoms in total. The summed E-state index contributed by atoms with van der Waals surface area (Å²) in [7, 11) is -7.24. The lowest BCUT2D eigenvalue weighted by molar-refractivity contribution is 0.144. The molecule has 0 saturated carbocycles. The second kappa shape index (κ2) is 5.69. The summed E-state index contributed by atoms with van der Waals surface area (Å²) in [5.41, 5.74) is 0.492. The molecule has 2 aliphatic rings. The van der Waals surface area contributed by atoms with Gasteiger partial charge in [0.05, 0.1) is 12.5 Å². The Morgan fingerprint density at radius 2 is 1.50 bits per heavy atom. The van der Waals surface area contributed by atoms with E-state index >= 15 is 0 Å². The van der Waals surface area contributed by atoms with E-state index in [9.17, 15) is 21.6 Å². The van der Waals surface area contributed by atoms with Crippen LogP contribution in [0.25, 0.3) is 0 Å². The number of anilines is 1. The van der Waals surface area contributed by atoms with Gasteiger partial charge in [0, 0.05) is 18.8 Å². The predicted octanol–water partition coefficient (Wildman–Crippen LogP) is -0.595. The average Bonchev–Trinajstić information content (AvgIpc) is 2.81. The lowest BCUT2D eigenvalue weighted by atomic mass is 10.2. The van der Waals surface area contributed by atoms with Gasteiger partial charge >= 0.3 is 6.03 Å². The van der Waals surface area contributed by atoms with E-state index < -0.39 is 38.4 Å². The number of carbonyl (C=O) groups is 1. The second-order valence-electron chi connectivity index (χ2n) is 5.76. The van der Waals surface area contributed by atoms with Gasteiger partial charge in [-0.15, -0.1) is 0 Å². The van der Waals surface area contributed by atoms with Crippen LogP contribution in [-0.4, -0.2) is 69.4 Å². The highest BCUT2D eigenvalue weighted by Crippen LogP contribution is 2.31. The summed E-state index contributed by atoms with van der Waals surface area (Å²) in [6, 6.07) is 8.01. The van der Waals surface area contributed by atoms with E-state index in [0.29, 0.717) is 5.69 Å². The highest BCUT2D eigenvalue weighted by atomic mass is 32.2. The number of amides is 2. The first-order valence-electron chi connectivity index (χ1n) is 7.19. The molecule has 0 radical (unpaired) electrons. The number of rotatable bonds is 3. The number of para-hydroxylation sites is 1. The minimum absolute atomic E-state index is 0.0179. The first kappa shape index (κ1) is 17.1. The highest BCUT2D eigenvalue weighted by molar-refractivity contribution is 7.88. The fourth-order valence-electron chi connectivity index (χ4n) is 3.10. The Kier molecular flexibility index (Phi) is 4.06. The number of nitrogens with one attached hydrogen (secondary N) is 1. The Balaban J connectivity index is 2.11. The minimum Gasteiger partial charge on any atom is -0.318 e. The molecule has 1 aromatic carbocycles. The maximum Gasteiger partial charge on any atom is 0.324 e. The quantitative estimate of drug-likeness (QED) is 0.761. The van der Waals surface area contributed by atoms with Crippen molar-refractivity contribution in [3.63, 3.8) is 0 Å². The maximum atomic E-state index is 12.5. The number of nitrogens with zero attached hydrogens (tertiary/aromatic N) is 3. The molecule has 0 unspecified atom stereocenters. The number of carbonyl (C=O) groups excluding carboxylic acids is 1. The summed E-state index contributed by atoms with van der Waals surface area (Å²) in [5.74, 6) is 0. The van der Waals surface area contributed by atoms with E-state index in [1.54, 1.807) is 30.3 Å². The predicted molar refractivity (Wildman–Crippen MR) is 88.1 cm³/mol. The van der Waals surface area contributed by atoms with Crippen molar-refractivity contribution >= 4 is 31.8 Å². The van der Waals surface area contributed by atoms with Gasteiger partial charge in [-0.1, -0.05) is 18.2 Å². The van der Waals surface area contributed by atoms with Crippen LogP contribution in [0.4, 0.5) is 10.5 Å². The summed E-state index contributed by atoms with van der Waals surface area (Å²) in [6.07, 6.45) is 0.137. The Morgan fingerprint density at radius 1 is 0.958 bits per heavy atom. The molecule has 24 heavy (non-hydrogen) atoms. The molecule has 2 fully saturated rings. The minimum atomic E-state index is -3.64. The van der Waals surface area contributed by atoms with Crippen molar-refractivity contribution in [2.45, 2.75) is 12.3 Å². The molecule has 2 heterocycles. The molecule has 132 valence electrons. The monoisotopic (exact) mass is 374 g/mol. The van der Waals surface area contributed by atoms with Crippen molar-refractivity contribution in [2.75, 3.05) is 30.5 Å². The zero-order chi connectivity index (χ0) is 17.7. The van der Waals surface area contributed by atoms with Crippen molar-refractivity contribution in [1.82, 2.24) is 13.9 Å². The van der Waals surface area contributed by atoms with Crippen LogP contribution in [0.5, 0.6) is 0 Å². The zero-order valence-corrected chi connectivity index (χ0v) is 14.8. The van der Waals surface area contributed by atoms with Crippen molar-refractivity contribution in [3.8, 4) is 0 Å². The fraction of sp³-hybridized carbons (Fsp3) is 0.462. The molecule has 2 atom stereocenters. The Bertz CT molecular complexity index is 856. The summed E-state index contributed by atoms with van der Waals surface area (Å²) in [5, 5.41) is 2.59. The largest absolute Gasteiger partial charge is 0.324 e. The molecular formula is C13H18N4O5S2. The molecule has 0 aromatic heterocycles. The van der Waals surface area contributed by atoms with Gasteiger partial charge in [0.25, 0.3) is 0 Å². The molecule has 1 aromatic rings. The number of sulfonamides is 2. The maximum absolute atomic E-state index is 12.5. The average molecular weight is 374 g/mol. The van der Waals surface area contributed by atoms with Crippen LogP contribution in [0.1, 0.15) is 0 Å². The molecule has 2 aliphatic heterocycles. The molecule has 1 N–H and O–H groups in total. The second-order valence-corrected chi connectivity index (χ2v) is 9.63. The van der Waals surface area contributed by atoms with Gasteiger partial charge in [-0.05, 0) is 12.1 Å². The third kappa shape index (κ3) is 2.88. The normalized spacial score (nSPS) is 26.2. The molecule has 2 amide bonds. The van der Waals surface area contributed by atoms with Gasteiger partial charge in [0.1, 0.15) is 12.3 Å². The van der Waals surface area contributed by atoms with E-state index in [0.717, 1.165) is 21.1 Å². The van der Waals surface area contributed by atoms with Crippen molar-refractivity contribution in [2.24, 2.45) is 0 Å². The third-order valence-electron chi connectivity index (χ3n) is 4.07. The molecular weight excluding hydrogens is 356 g/mol. The summed E-state index contributed by atoms with van der Waals surface area (Å²) >= 11 is 0. The van der Waals surface area contributed by atoms with Gasteiger partial charge < -0.3 is 5.32 Å². The Labute approximate surface area is 140 Å². The van der Waals surface area contributed by atoms with Crippen molar-refractivity contribution < 1.29 is 21.6 Å². The van der Waals surface area contributed by atoms with E-state index in [1.165, 1.54) is 4.90 Å².